The zero-order valence-electron chi connectivity index (χ0n) is 17.6. The molecule has 0 aliphatic heterocycles. The monoisotopic (exact) mass is 423 g/mol. The third-order valence-corrected chi connectivity index (χ3v) is 5.53. The number of nitriles is 1. The van der Waals surface area contributed by atoms with Gasteiger partial charge in [-0.1, -0.05) is 62.4 Å². The normalized spacial score (nSPS) is 16.1. The van der Waals surface area contributed by atoms with E-state index in [2.05, 4.69) is 16.7 Å². The molecule has 0 spiro atoms. The molecule has 1 aliphatic carbocycles. The number of amides is 2. The number of carbonyl (C=O) groups is 2. The molecule has 0 radical (unpaired) electrons. The Labute approximate surface area is 182 Å². The third kappa shape index (κ3) is 7.26. The maximum Gasteiger partial charge on any atom is 0.287 e. The standard InChI is InChI=1S/C24H29N3O4/c25-15-20(17-30-16-19-10-5-2-6-11-19)26-23(28)21(14-18-8-3-1-4-9-18)27-24(29)22-12-7-13-31-22/h2,5-7,10-13,18,20-21H,1,3-4,8-9,14,16-17H2,(H,26,28)(H,27,29)/t20-,21+/m1/s1. The van der Waals surface area contributed by atoms with Crippen LogP contribution >= 0.6 is 0 Å². The lowest BCUT2D eigenvalue weighted by atomic mass is 9.84. The Kier molecular flexibility index (Phi) is 8.68. The van der Waals surface area contributed by atoms with Crippen LogP contribution in [0.1, 0.15) is 54.6 Å². The minimum Gasteiger partial charge on any atom is -0.459 e. The van der Waals surface area contributed by atoms with Gasteiger partial charge in [0, 0.05) is 0 Å². The van der Waals surface area contributed by atoms with Gasteiger partial charge in [-0.25, -0.2) is 0 Å². The summed E-state index contributed by atoms with van der Waals surface area (Å²) in [6, 6.07) is 13.3. The predicted octanol–water partition coefficient (Wildman–Crippen LogP) is 3.57. The van der Waals surface area contributed by atoms with Gasteiger partial charge < -0.3 is 19.8 Å². The SMILES string of the molecule is N#C[C@H](COCc1ccccc1)NC(=O)[C@H](CC1CCCCC1)NC(=O)c1ccco1. The van der Waals surface area contributed by atoms with Gasteiger partial charge in [-0.05, 0) is 30.0 Å². The van der Waals surface area contributed by atoms with Gasteiger partial charge in [0.25, 0.3) is 5.91 Å². The van der Waals surface area contributed by atoms with E-state index < -0.39 is 18.0 Å². The lowest BCUT2D eigenvalue weighted by Crippen LogP contribution is -2.51. The molecular formula is C24H29N3O4. The number of nitrogens with zero attached hydrogens (tertiary/aromatic N) is 1. The molecular weight excluding hydrogens is 394 g/mol. The van der Waals surface area contributed by atoms with Gasteiger partial charge in [-0.3, -0.25) is 9.59 Å². The van der Waals surface area contributed by atoms with Crippen molar-refractivity contribution in [3.05, 3.63) is 60.1 Å². The van der Waals surface area contributed by atoms with Gasteiger partial charge in [-0.15, -0.1) is 0 Å². The fourth-order valence-electron chi connectivity index (χ4n) is 3.88. The Hall–Kier alpha value is -3.11. The molecule has 0 saturated heterocycles. The highest BCUT2D eigenvalue weighted by Crippen LogP contribution is 2.27. The molecule has 2 amide bonds. The van der Waals surface area contributed by atoms with E-state index in [4.69, 9.17) is 9.15 Å². The number of nitrogens with one attached hydrogen (secondary N) is 2. The Morgan fingerprint density at radius 1 is 1.10 bits per heavy atom. The molecule has 2 aromatic rings. The molecule has 31 heavy (non-hydrogen) atoms. The van der Waals surface area contributed by atoms with E-state index in [0.717, 1.165) is 31.2 Å². The summed E-state index contributed by atoms with van der Waals surface area (Å²) < 4.78 is 10.8. The smallest absolute Gasteiger partial charge is 0.287 e. The van der Waals surface area contributed by atoms with Crippen molar-refractivity contribution in [2.75, 3.05) is 6.61 Å². The first-order valence-electron chi connectivity index (χ1n) is 10.8. The van der Waals surface area contributed by atoms with Crippen molar-refractivity contribution in [3.8, 4) is 6.07 Å². The third-order valence-electron chi connectivity index (χ3n) is 5.53. The number of hydrogen-bond acceptors (Lipinski definition) is 5. The fraction of sp³-hybridized carbons (Fsp3) is 0.458. The van der Waals surface area contributed by atoms with Crippen LogP contribution in [-0.2, 0) is 16.1 Å². The second-order valence-corrected chi connectivity index (χ2v) is 7.93. The molecule has 1 fully saturated rings. The first-order valence-corrected chi connectivity index (χ1v) is 10.8. The largest absolute Gasteiger partial charge is 0.459 e. The molecule has 2 N–H and O–H groups in total. The van der Waals surface area contributed by atoms with Crippen LogP contribution in [0.5, 0.6) is 0 Å². The summed E-state index contributed by atoms with van der Waals surface area (Å²) in [6.07, 6.45) is 7.53. The second kappa shape index (κ2) is 11.9. The van der Waals surface area contributed by atoms with E-state index in [0.29, 0.717) is 18.9 Å². The molecule has 2 atom stereocenters. The minimum absolute atomic E-state index is 0.0689. The van der Waals surface area contributed by atoms with Gasteiger partial charge in [0.1, 0.15) is 12.1 Å². The maximum atomic E-state index is 13.0. The number of rotatable bonds is 10. The first-order chi connectivity index (χ1) is 15.2. The van der Waals surface area contributed by atoms with E-state index in [-0.39, 0.29) is 18.3 Å². The summed E-state index contributed by atoms with van der Waals surface area (Å²) >= 11 is 0. The maximum absolute atomic E-state index is 13.0. The van der Waals surface area contributed by atoms with Crippen molar-refractivity contribution in [1.82, 2.24) is 10.6 Å². The first kappa shape index (κ1) is 22.6. The number of furan rings is 1. The van der Waals surface area contributed by atoms with Crippen molar-refractivity contribution in [2.45, 2.75) is 57.2 Å². The van der Waals surface area contributed by atoms with E-state index in [9.17, 15) is 14.9 Å². The molecule has 1 saturated carbocycles. The van der Waals surface area contributed by atoms with Gasteiger partial charge in [0.15, 0.2) is 5.76 Å². The average Bonchev–Trinajstić information content (AvgIpc) is 3.34. The van der Waals surface area contributed by atoms with E-state index in [1.54, 1.807) is 12.1 Å². The molecule has 1 heterocycles. The van der Waals surface area contributed by atoms with Crippen LogP contribution in [0.15, 0.2) is 53.1 Å². The zero-order chi connectivity index (χ0) is 21.9. The number of hydrogen-bond donors (Lipinski definition) is 2. The number of carbonyl (C=O) groups excluding carboxylic acids is 2. The second-order valence-electron chi connectivity index (χ2n) is 7.93. The lowest BCUT2D eigenvalue weighted by Gasteiger charge is -2.27. The van der Waals surface area contributed by atoms with Crippen LogP contribution in [0.4, 0.5) is 0 Å². The summed E-state index contributed by atoms with van der Waals surface area (Å²) in [4.78, 5) is 25.4. The Balaban J connectivity index is 1.57. The van der Waals surface area contributed by atoms with Gasteiger partial charge in [0.2, 0.25) is 5.91 Å². The van der Waals surface area contributed by atoms with Gasteiger partial charge in [0.05, 0.1) is 25.5 Å². The van der Waals surface area contributed by atoms with Crippen LogP contribution < -0.4 is 10.6 Å². The van der Waals surface area contributed by atoms with Crippen molar-refractivity contribution in [2.24, 2.45) is 5.92 Å². The number of benzene rings is 1. The molecule has 164 valence electrons. The van der Waals surface area contributed by atoms with Crippen molar-refractivity contribution < 1.29 is 18.7 Å². The molecule has 7 heteroatoms. The van der Waals surface area contributed by atoms with Crippen LogP contribution in [0.25, 0.3) is 0 Å². The topological polar surface area (TPSA) is 104 Å². The Morgan fingerprint density at radius 2 is 1.87 bits per heavy atom. The van der Waals surface area contributed by atoms with Crippen LogP contribution in [-0.4, -0.2) is 30.5 Å². The van der Waals surface area contributed by atoms with E-state index >= 15 is 0 Å². The van der Waals surface area contributed by atoms with E-state index in [1.807, 2.05) is 30.3 Å². The Morgan fingerprint density at radius 3 is 2.55 bits per heavy atom. The van der Waals surface area contributed by atoms with Gasteiger partial charge >= 0.3 is 0 Å². The highest BCUT2D eigenvalue weighted by Gasteiger charge is 2.28. The Bertz CT molecular complexity index is 855. The molecule has 0 unspecified atom stereocenters. The van der Waals surface area contributed by atoms with Crippen molar-refractivity contribution in [1.29, 1.82) is 5.26 Å². The molecule has 3 rings (SSSR count). The zero-order valence-corrected chi connectivity index (χ0v) is 17.6. The van der Waals surface area contributed by atoms with Crippen LogP contribution in [0.3, 0.4) is 0 Å². The molecule has 1 aromatic heterocycles. The van der Waals surface area contributed by atoms with Crippen LogP contribution in [0.2, 0.25) is 0 Å². The average molecular weight is 424 g/mol. The fourth-order valence-corrected chi connectivity index (χ4v) is 3.88. The van der Waals surface area contributed by atoms with Crippen LogP contribution in [0, 0.1) is 17.2 Å². The summed E-state index contributed by atoms with van der Waals surface area (Å²) in [5.41, 5.74) is 0.992. The quantitative estimate of drug-likeness (QED) is 0.608. The summed E-state index contributed by atoms with van der Waals surface area (Å²) in [7, 11) is 0. The van der Waals surface area contributed by atoms with Gasteiger partial charge in [-0.2, -0.15) is 5.26 Å². The van der Waals surface area contributed by atoms with Crippen molar-refractivity contribution >= 4 is 11.8 Å². The lowest BCUT2D eigenvalue weighted by molar-refractivity contribution is -0.124. The molecule has 0 bridgehead atoms. The highest BCUT2D eigenvalue weighted by molar-refractivity contribution is 5.95. The molecule has 7 nitrogen and oxygen atoms in total. The highest BCUT2D eigenvalue weighted by atomic mass is 16.5. The predicted molar refractivity (Wildman–Crippen MR) is 115 cm³/mol. The summed E-state index contributed by atoms with van der Waals surface area (Å²) in [6.45, 7) is 0.426. The minimum atomic E-state index is -0.800. The molecule has 1 aromatic carbocycles. The van der Waals surface area contributed by atoms with E-state index in [1.165, 1.54) is 12.7 Å². The summed E-state index contributed by atoms with van der Waals surface area (Å²) in [5, 5.41) is 15.0. The number of ether oxygens (including phenoxy) is 1. The molecule has 1 aliphatic rings. The van der Waals surface area contributed by atoms with Crippen molar-refractivity contribution in [3.63, 3.8) is 0 Å². The summed E-state index contributed by atoms with van der Waals surface area (Å²) in [5.74, 6) is -0.282.